The van der Waals surface area contributed by atoms with Gasteiger partial charge in [0.2, 0.25) is 0 Å². The van der Waals surface area contributed by atoms with Crippen LogP contribution in [0.25, 0.3) is 0 Å². The van der Waals surface area contributed by atoms with E-state index in [0.29, 0.717) is 0 Å². The van der Waals surface area contributed by atoms with Crippen molar-refractivity contribution >= 4 is 23.2 Å². The van der Waals surface area contributed by atoms with Gasteiger partial charge in [0.15, 0.2) is 0 Å². The van der Waals surface area contributed by atoms with E-state index in [9.17, 15) is 0 Å². The molecular weight excluding hydrogens is 446 g/mol. The molecule has 0 aromatic heterocycles. The first-order chi connectivity index (χ1) is 12.4. The van der Waals surface area contributed by atoms with Gasteiger partial charge in [-0.3, -0.25) is 0 Å². The average molecular weight is 472 g/mol. The molecule has 1 fully saturated rings. The predicted molar refractivity (Wildman–Crippen MR) is 112 cm³/mol. The van der Waals surface area contributed by atoms with Crippen molar-refractivity contribution in [3.8, 4) is 0 Å². The van der Waals surface area contributed by atoms with Crippen LogP contribution in [0.2, 0.25) is 0 Å². The van der Waals surface area contributed by atoms with E-state index in [1.54, 1.807) is 0 Å². The fraction of sp³-hybridized carbons (Fsp3) is 0.250. The molecule has 134 valence electrons. The third kappa shape index (κ3) is 3.89. The highest BCUT2D eigenvalue weighted by Gasteiger charge is 2.47. The van der Waals surface area contributed by atoms with Crippen LogP contribution in [0.4, 0.5) is 0 Å². The van der Waals surface area contributed by atoms with E-state index in [0.717, 1.165) is 5.92 Å². The van der Waals surface area contributed by atoms with Crippen LogP contribution in [-0.4, -0.2) is 6.16 Å². The Balaban J connectivity index is 0.00000196. The van der Waals surface area contributed by atoms with Crippen molar-refractivity contribution in [1.29, 1.82) is 0 Å². The lowest BCUT2D eigenvalue weighted by molar-refractivity contribution is -0.00000492. The van der Waals surface area contributed by atoms with Crippen LogP contribution in [-0.2, 0) is 0 Å². The lowest BCUT2D eigenvalue weighted by Crippen LogP contribution is -3.00. The highest BCUT2D eigenvalue weighted by atomic mass is 127. The van der Waals surface area contributed by atoms with Crippen LogP contribution in [0.5, 0.6) is 0 Å². The van der Waals surface area contributed by atoms with E-state index in [1.165, 1.54) is 47.8 Å². The smallest absolute Gasteiger partial charge is 0.112 e. The van der Waals surface area contributed by atoms with Crippen molar-refractivity contribution in [2.45, 2.75) is 25.7 Å². The molecule has 3 aromatic carbocycles. The number of rotatable bonds is 5. The Bertz CT molecular complexity index is 684. The van der Waals surface area contributed by atoms with Crippen molar-refractivity contribution < 1.29 is 24.0 Å². The van der Waals surface area contributed by atoms with Gasteiger partial charge < -0.3 is 24.0 Å². The van der Waals surface area contributed by atoms with Gasteiger partial charge in [-0.15, -0.1) is 0 Å². The van der Waals surface area contributed by atoms with Crippen LogP contribution in [0.3, 0.4) is 0 Å². The zero-order valence-corrected chi connectivity index (χ0v) is 18.2. The zero-order valence-electron chi connectivity index (χ0n) is 15.1. The summed E-state index contributed by atoms with van der Waals surface area (Å²) in [6, 6.07) is 33.9. The first-order valence-electron chi connectivity index (χ1n) is 9.44. The van der Waals surface area contributed by atoms with Crippen LogP contribution >= 0.6 is 7.26 Å². The van der Waals surface area contributed by atoms with Crippen molar-refractivity contribution in [1.82, 2.24) is 0 Å². The van der Waals surface area contributed by atoms with Crippen LogP contribution < -0.4 is 39.9 Å². The molecule has 26 heavy (non-hydrogen) atoms. The van der Waals surface area contributed by atoms with Crippen LogP contribution in [0, 0.1) is 5.92 Å². The maximum absolute atomic E-state index is 2.36. The molecule has 0 aliphatic heterocycles. The monoisotopic (exact) mass is 472 g/mol. The van der Waals surface area contributed by atoms with E-state index in [4.69, 9.17) is 0 Å². The number of benzene rings is 3. The summed E-state index contributed by atoms with van der Waals surface area (Å²) in [5.41, 5.74) is 0. The highest BCUT2D eigenvalue weighted by molar-refractivity contribution is 7.95. The molecule has 4 rings (SSSR count). The first kappa shape index (κ1) is 19.6. The van der Waals surface area contributed by atoms with Crippen molar-refractivity contribution in [2.75, 3.05) is 6.16 Å². The van der Waals surface area contributed by atoms with E-state index in [1.807, 2.05) is 0 Å². The van der Waals surface area contributed by atoms with Gasteiger partial charge in [-0.25, -0.2) is 0 Å². The second kappa shape index (κ2) is 9.15. The molecule has 3 aromatic rings. The normalized spacial score (nSPS) is 14.8. The third-order valence-electron chi connectivity index (χ3n) is 5.60. The lowest BCUT2D eigenvalue weighted by atomic mass is 10.1. The quantitative estimate of drug-likeness (QED) is 0.395. The zero-order chi connectivity index (χ0) is 17.0. The van der Waals surface area contributed by atoms with E-state index in [-0.39, 0.29) is 24.0 Å². The first-order valence-corrected chi connectivity index (χ1v) is 11.4. The number of hydrogen-bond acceptors (Lipinski definition) is 0. The van der Waals surface area contributed by atoms with Gasteiger partial charge in [0, 0.05) is 0 Å². The lowest BCUT2D eigenvalue weighted by Gasteiger charge is -2.30. The molecule has 1 saturated carbocycles. The minimum atomic E-state index is -1.60. The summed E-state index contributed by atoms with van der Waals surface area (Å²) in [6.45, 7) is 0. The summed E-state index contributed by atoms with van der Waals surface area (Å²) in [6.07, 6.45) is 6.92. The van der Waals surface area contributed by atoms with Crippen molar-refractivity contribution in [3.63, 3.8) is 0 Å². The predicted octanol–water partition coefficient (Wildman–Crippen LogP) is 2.17. The number of hydrogen-bond donors (Lipinski definition) is 0. The molecular formula is C24H26IP. The fourth-order valence-electron chi connectivity index (χ4n) is 4.39. The van der Waals surface area contributed by atoms with Gasteiger partial charge >= 0.3 is 0 Å². The molecule has 2 heteroatoms. The Kier molecular flexibility index (Phi) is 6.89. The van der Waals surface area contributed by atoms with Gasteiger partial charge in [0.1, 0.15) is 23.2 Å². The summed E-state index contributed by atoms with van der Waals surface area (Å²) in [5, 5.41) is 4.58. The molecule has 0 saturated heterocycles. The number of halogens is 1. The Morgan fingerprint density at radius 3 is 1.27 bits per heavy atom. The molecule has 0 amide bonds. The van der Waals surface area contributed by atoms with E-state index in [2.05, 4.69) is 91.0 Å². The van der Waals surface area contributed by atoms with Gasteiger partial charge in [-0.05, 0) is 55.2 Å². The van der Waals surface area contributed by atoms with Gasteiger partial charge in [0.25, 0.3) is 0 Å². The summed E-state index contributed by atoms with van der Waals surface area (Å²) in [5.74, 6) is 0.856. The minimum Gasteiger partial charge on any atom is -1.00 e. The van der Waals surface area contributed by atoms with Crippen LogP contribution in [0.1, 0.15) is 25.7 Å². The molecule has 0 heterocycles. The van der Waals surface area contributed by atoms with E-state index < -0.39 is 7.26 Å². The Hall–Kier alpha value is -1.18. The summed E-state index contributed by atoms with van der Waals surface area (Å²) >= 11 is 0. The Morgan fingerprint density at radius 2 is 0.923 bits per heavy atom. The molecule has 0 nitrogen and oxygen atoms in total. The van der Waals surface area contributed by atoms with E-state index >= 15 is 0 Å². The molecule has 0 atom stereocenters. The van der Waals surface area contributed by atoms with Gasteiger partial charge in [-0.1, -0.05) is 67.4 Å². The minimum absolute atomic E-state index is 0. The maximum atomic E-state index is 2.36. The molecule has 0 radical (unpaired) electrons. The Morgan fingerprint density at radius 1 is 0.577 bits per heavy atom. The molecule has 0 unspecified atom stereocenters. The fourth-order valence-corrected chi connectivity index (χ4v) is 9.10. The average Bonchev–Trinajstić information content (AvgIpc) is 3.21. The summed E-state index contributed by atoms with van der Waals surface area (Å²) in [7, 11) is -1.60. The standard InChI is InChI=1S/C24H26P.HI/c1-4-14-22(15-5-1)25(20-21-12-10-11-13-21,23-16-6-2-7-17-23)24-18-8-3-9-19-24;/h1-9,14-19,21H,10-13,20H2;1H/q+1;/p-1. The third-order valence-corrected chi connectivity index (χ3v) is 10.2. The van der Waals surface area contributed by atoms with Crippen molar-refractivity contribution in [3.05, 3.63) is 91.0 Å². The molecule has 1 aliphatic carbocycles. The second-order valence-electron chi connectivity index (χ2n) is 7.15. The molecule has 1 aliphatic rings. The SMILES string of the molecule is [I-].c1ccc([P+](CC2CCCC2)(c2ccccc2)c2ccccc2)cc1. The van der Waals surface area contributed by atoms with Crippen LogP contribution in [0.15, 0.2) is 91.0 Å². The topological polar surface area (TPSA) is 0 Å². The summed E-state index contributed by atoms with van der Waals surface area (Å²) in [4.78, 5) is 0. The maximum Gasteiger partial charge on any atom is 0.112 e. The molecule has 0 N–H and O–H groups in total. The largest absolute Gasteiger partial charge is 1.00 e. The van der Waals surface area contributed by atoms with Gasteiger partial charge in [-0.2, -0.15) is 0 Å². The molecule has 0 spiro atoms. The Labute approximate surface area is 175 Å². The van der Waals surface area contributed by atoms with Crippen molar-refractivity contribution in [2.24, 2.45) is 5.92 Å². The highest BCUT2D eigenvalue weighted by Crippen LogP contribution is 2.58. The molecule has 0 bridgehead atoms. The second-order valence-corrected chi connectivity index (χ2v) is 10.7. The van der Waals surface area contributed by atoms with Gasteiger partial charge in [0.05, 0.1) is 6.16 Å². The summed E-state index contributed by atoms with van der Waals surface area (Å²) < 4.78 is 0.